The van der Waals surface area contributed by atoms with Crippen LogP contribution in [-0.2, 0) is 52.0 Å². The first-order valence-corrected chi connectivity index (χ1v) is 16.0. The molecule has 3 aromatic carbocycles. The van der Waals surface area contributed by atoms with Crippen molar-refractivity contribution in [2.24, 2.45) is 0 Å². The SMILES string of the molecule is COC(C)(C)OC.Cc1cc(C=O)c2c(c1)COC(C)(C)O2.Cc1cc(CO)c(O)c(CO)c1.Cc1cc(CO)c2c(c1)COC(C)(C)O2. The van der Waals surface area contributed by atoms with Crippen molar-refractivity contribution in [2.45, 2.75) is 113 Å². The number of carbonyl (C=O) groups excluding carboxylic acids is 1. The Morgan fingerprint density at radius 3 is 1.49 bits per heavy atom. The third kappa shape index (κ3) is 12.4. The molecular weight excluding hydrogens is 632 g/mol. The number of fused-ring (bicyclic) bond motifs is 2. The second-order valence-corrected chi connectivity index (χ2v) is 13.2. The largest absolute Gasteiger partial charge is 0.507 e. The number of aliphatic hydroxyl groups excluding tert-OH is 3. The molecule has 5 rings (SSSR count). The molecule has 0 aliphatic carbocycles. The van der Waals surface area contributed by atoms with Gasteiger partial charge in [0.2, 0.25) is 11.6 Å². The Hall–Kier alpha value is -3.55. The molecule has 3 aromatic rings. The smallest absolute Gasteiger partial charge is 0.205 e. The fourth-order valence-electron chi connectivity index (χ4n) is 4.79. The van der Waals surface area contributed by atoms with Gasteiger partial charge in [-0.05, 0) is 46.2 Å². The molecular formula is C38H54O11. The zero-order valence-corrected chi connectivity index (χ0v) is 30.7. The molecule has 0 amide bonds. The van der Waals surface area contributed by atoms with Crippen molar-refractivity contribution in [3.63, 3.8) is 0 Å². The van der Waals surface area contributed by atoms with Crippen molar-refractivity contribution in [1.82, 2.24) is 0 Å². The number of hydrogen-bond acceptors (Lipinski definition) is 11. The summed E-state index contributed by atoms with van der Waals surface area (Å²) in [5.41, 5.74) is 7.38. The maximum atomic E-state index is 10.9. The summed E-state index contributed by atoms with van der Waals surface area (Å²) in [7, 11) is 3.23. The van der Waals surface area contributed by atoms with Gasteiger partial charge in [-0.3, -0.25) is 4.79 Å². The Morgan fingerprint density at radius 2 is 1.08 bits per heavy atom. The fraction of sp³-hybridized carbons (Fsp3) is 0.500. The van der Waals surface area contributed by atoms with Crippen LogP contribution in [0.1, 0.15) is 96.4 Å². The number of ether oxygens (including phenoxy) is 6. The van der Waals surface area contributed by atoms with Crippen LogP contribution in [0.3, 0.4) is 0 Å². The first-order valence-electron chi connectivity index (χ1n) is 16.0. The number of aldehydes is 1. The molecule has 2 aliphatic rings. The van der Waals surface area contributed by atoms with Gasteiger partial charge in [0.1, 0.15) is 17.2 Å². The molecule has 2 aliphatic heterocycles. The highest BCUT2D eigenvalue weighted by atomic mass is 16.7. The summed E-state index contributed by atoms with van der Waals surface area (Å²) in [4.78, 5) is 10.9. The molecule has 0 saturated heterocycles. The third-order valence-corrected chi connectivity index (χ3v) is 7.61. The number of phenols is 1. The average molecular weight is 687 g/mol. The van der Waals surface area contributed by atoms with Crippen LogP contribution in [0, 0.1) is 20.8 Å². The number of methoxy groups -OCH3 is 2. The minimum atomic E-state index is -0.653. The van der Waals surface area contributed by atoms with Crippen LogP contribution in [0.15, 0.2) is 36.4 Å². The van der Waals surface area contributed by atoms with Crippen molar-refractivity contribution in [2.75, 3.05) is 14.2 Å². The second-order valence-electron chi connectivity index (χ2n) is 13.2. The lowest BCUT2D eigenvalue weighted by atomic mass is 10.0. The number of aromatic hydroxyl groups is 1. The Kier molecular flexibility index (Phi) is 15.2. The third-order valence-electron chi connectivity index (χ3n) is 7.61. The van der Waals surface area contributed by atoms with Gasteiger partial charge in [0.25, 0.3) is 0 Å². The van der Waals surface area contributed by atoms with E-state index in [1.807, 2.05) is 86.6 Å². The molecule has 11 heteroatoms. The van der Waals surface area contributed by atoms with E-state index in [0.717, 1.165) is 45.4 Å². The Labute approximate surface area is 290 Å². The fourth-order valence-corrected chi connectivity index (χ4v) is 4.79. The van der Waals surface area contributed by atoms with Gasteiger partial charge in [0.05, 0.1) is 38.6 Å². The first-order chi connectivity index (χ1) is 22.8. The van der Waals surface area contributed by atoms with E-state index in [0.29, 0.717) is 35.7 Å². The van der Waals surface area contributed by atoms with Gasteiger partial charge in [0, 0.05) is 69.7 Å². The van der Waals surface area contributed by atoms with Crippen LogP contribution in [0.4, 0.5) is 0 Å². The van der Waals surface area contributed by atoms with Crippen molar-refractivity contribution < 1.29 is 53.6 Å². The monoisotopic (exact) mass is 686 g/mol. The highest BCUT2D eigenvalue weighted by Crippen LogP contribution is 2.36. The number of rotatable bonds is 6. The lowest BCUT2D eigenvalue weighted by molar-refractivity contribution is -0.181. The molecule has 0 radical (unpaired) electrons. The number of hydrogen-bond donors (Lipinski definition) is 4. The van der Waals surface area contributed by atoms with E-state index >= 15 is 0 Å². The van der Waals surface area contributed by atoms with E-state index in [1.54, 1.807) is 26.4 Å². The van der Waals surface area contributed by atoms with Crippen molar-refractivity contribution in [1.29, 1.82) is 0 Å². The van der Waals surface area contributed by atoms with Gasteiger partial charge in [-0.25, -0.2) is 0 Å². The number of aliphatic hydroxyl groups is 3. The summed E-state index contributed by atoms with van der Waals surface area (Å²) in [6, 6.07) is 11.2. The summed E-state index contributed by atoms with van der Waals surface area (Å²) in [5.74, 6) is -0.247. The van der Waals surface area contributed by atoms with E-state index < -0.39 is 17.4 Å². The lowest BCUT2D eigenvalue weighted by Crippen LogP contribution is -2.35. The molecule has 49 heavy (non-hydrogen) atoms. The molecule has 2 heterocycles. The number of aryl methyl sites for hydroxylation is 3. The molecule has 0 fully saturated rings. The van der Waals surface area contributed by atoms with Gasteiger partial charge >= 0.3 is 0 Å². The molecule has 272 valence electrons. The minimum Gasteiger partial charge on any atom is -0.507 e. The zero-order chi connectivity index (χ0) is 37.2. The zero-order valence-electron chi connectivity index (χ0n) is 30.7. The standard InChI is InChI=1S/C12H16O3.C12H14O3.C9H12O3.C5H12O2/c2*1-8-4-9(6-13)11-10(5-8)7-14-12(2,3)15-11;1-6-2-7(4-10)9(12)8(3-6)5-11;1-5(2,6-3)7-4/h4-5,13H,6-7H2,1-3H3;4-6H,7H2,1-3H3;2-3,10-12H,4-5H2,1H3;1-4H3. The molecule has 0 unspecified atom stereocenters. The van der Waals surface area contributed by atoms with Crippen LogP contribution < -0.4 is 9.47 Å². The molecule has 4 N–H and O–H groups in total. The number of carbonyl (C=O) groups is 1. The maximum absolute atomic E-state index is 10.9. The van der Waals surface area contributed by atoms with Crippen molar-refractivity contribution >= 4 is 6.29 Å². The lowest BCUT2D eigenvalue weighted by Gasteiger charge is -2.33. The van der Waals surface area contributed by atoms with Crippen molar-refractivity contribution in [3.8, 4) is 17.2 Å². The van der Waals surface area contributed by atoms with E-state index in [9.17, 15) is 15.0 Å². The second kappa shape index (κ2) is 17.9. The Bertz CT molecular complexity index is 1490. The van der Waals surface area contributed by atoms with Gasteiger partial charge in [-0.15, -0.1) is 0 Å². The summed E-state index contributed by atoms with van der Waals surface area (Å²) < 4.78 is 32.1. The predicted molar refractivity (Wildman–Crippen MR) is 185 cm³/mol. The Balaban J connectivity index is 0.000000235. The summed E-state index contributed by atoms with van der Waals surface area (Å²) >= 11 is 0. The van der Waals surface area contributed by atoms with Crippen LogP contribution in [-0.4, -0.2) is 58.3 Å². The topological polar surface area (TPSA) is 153 Å². The highest BCUT2D eigenvalue weighted by molar-refractivity contribution is 5.81. The molecule has 11 nitrogen and oxygen atoms in total. The van der Waals surface area contributed by atoms with Gasteiger partial charge in [0.15, 0.2) is 12.1 Å². The minimum absolute atomic E-state index is 0.0000926. The Morgan fingerprint density at radius 1 is 0.694 bits per heavy atom. The van der Waals surface area contributed by atoms with E-state index in [1.165, 1.54) is 0 Å². The maximum Gasteiger partial charge on any atom is 0.205 e. The molecule has 0 spiro atoms. The summed E-state index contributed by atoms with van der Waals surface area (Å²) in [5, 5.41) is 36.3. The summed E-state index contributed by atoms with van der Waals surface area (Å²) in [6.45, 7) is 17.5. The quantitative estimate of drug-likeness (QED) is 0.171. The summed E-state index contributed by atoms with van der Waals surface area (Å²) in [6.07, 6.45) is 0.827. The highest BCUT2D eigenvalue weighted by Gasteiger charge is 2.30. The molecule has 0 aromatic heterocycles. The van der Waals surface area contributed by atoms with Crippen LogP contribution in [0.2, 0.25) is 0 Å². The van der Waals surface area contributed by atoms with Crippen LogP contribution >= 0.6 is 0 Å². The normalized spacial score (nSPS) is 15.2. The average Bonchev–Trinajstić information content (AvgIpc) is 3.05. The van der Waals surface area contributed by atoms with E-state index in [4.69, 9.17) is 38.6 Å². The predicted octanol–water partition coefficient (Wildman–Crippen LogP) is 6.29. The molecule has 0 atom stereocenters. The van der Waals surface area contributed by atoms with Crippen LogP contribution in [0.25, 0.3) is 0 Å². The number of benzene rings is 3. The molecule has 0 bridgehead atoms. The van der Waals surface area contributed by atoms with Gasteiger partial charge in [-0.1, -0.05) is 41.5 Å². The van der Waals surface area contributed by atoms with Crippen molar-refractivity contribution in [3.05, 3.63) is 86.5 Å². The first kappa shape index (κ1) is 41.6. The van der Waals surface area contributed by atoms with Crippen LogP contribution in [0.5, 0.6) is 17.2 Å². The van der Waals surface area contributed by atoms with Gasteiger partial charge in [-0.2, -0.15) is 0 Å². The van der Waals surface area contributed by atoms with Gasteiger partial charge < -0.3 is 48.8 Å². The molecule has 0 saturated carbocycles. The van der Waals surface area contributed by atoms with E-state index in [2.05, 4.69) is 0 Å². The van der Waals surface area contributed by atoms with E-state index in [-0.39, 0.29) is 25.6 Å².